The summed E-state index contributed by atoms with van der Waals surface area (Å²) < 4.78 is 5.61. The molecule has 0 unspecified atom stereocenters. The fourth-order valence-corrected chi connectivity index (χ4v) is 3.46. The lowest BCUT2D eigenvalue weighted by atomic mass is 10.1. The highest BCUT2D eigenvalue weighted by Gasteiger charge is 2.17. The summed E-state index contributed by atoms with van der Waals surface area (Å²) in [6, 6.07) is 19.0. The molecule has 0 saturated heterocycles. The van der Waals surface area contributed by atoms with Crippen LogP contribution in [0, 0.1) is 0 Å². The molecule has 1 aromatic heterocycles. The summed E-state index contributed by atoms with van der Waals surface area (Å²) in [4.78, 5) is 37.2. The molecule has 3 aromatic rings. The Morgan fingerprint density at radius 3 is 2.36 bits per heavy atom. The second-order valence-electron chi connectivity index (χ2n) is 5.86. The molecule has 28 heavy (non-hydrogen) atoms. The zero-order valence-corrected chi connectivity index (χ0v) is 16.3. The molecular weight excluding hydrogens is 398 g/mol. The monoisotopic (exact) mass is 413 g/mol. The van der Waals surface area contributed by atoms with Gasteiger partial charge in [0.1, 0.15) is 0 Å². The maximum Gasteiger partial charge on any atom is 0.340 e. The van der Waals surface area contributed by atoms with Gasteiger partial charge in [-0.25, -0.2) is 4.79 Å². The van der Waals surface area contributed by atoms with Crippen LogP contribution in [0.25, 0.3) is 0 Å². The number of ketones is 1. The number of ether oxygens (including phenoxy) is 1. The molecule has 7 heteroatoms. The zero-order chi connectivity index (χ0) is 19.9. The predicted molar refractivity (Wildman–Crippen MR) is 109 cm³/mol. The number of amides is 1. The van der Waals surface area contributed by atoms with Crippen molar-refractivity contribution in [1.82, 2.24) is 0 Å². The molecule has 0 saturated carbocycles. The van der Waals surface area contributed by atoms with Crippen LogP contribution in [0.15, 0.2) is 66.7 Å². The van der Waals surface area contributed by atoms with E-state index in [1.807, 2.05) is 30.3 Å². The summed E-state index contributed by atoms with van der Waals surface area (Å²) in [7, 11) is 0. The summed E-state index contributed by atoms with van der Waals surface area (Å²) in [5.74, 6) is -1.28. The van der Waals surface area contributed by atoms with Crippen LogP contribution >= 0.6 is 22.9 Å². The molecule has 0 fully saturated rings. The molecule has 0 aliphatic carbocycles. The van der Waals surface area contributed by atoms with Gasteiger partial charge in [-0.15, -0.1) is 11.3 Å². The van der Waals surface area contributed by atoms with Crippen LogP contribution in [-0.2, 0) is 16.0 Å². The van der Waals surface area contributed by atoms with Crippen molar-refractivity contribution in [2.75, 3.05) is 11.9 Å². The first-order valence-electron chi connectivity index (χ1n) is 8.41. The van der Waals surface area contributed by atoms with Crippen molar-refractivity contribution in [3.63, 3.8) is 0 Å². The van der Waals surface area contributed by atoms with Crippen molar-refractivity contribution in [2.45, 2.75) is 6.42 Å². The van der Waals surface area contributed by atoms with Crippen LogP contribution in [0.3, 0.4) is 0 Å². The molecule has 1 N–H and O–H groups in total. The number of hydrogen-bond donors (Lipinski definition) is 1. The van der Waals surface area contributed by atoms with E-state index in [-0.39, 0.29) is 23.7 Å². The number of halogens is 1. The van der Waals surface area contributed by atoms with E-state index in [1.54, 1.807) is 30.3 Å². The van der Waals surface area contributed by atoms with Gasteiger partial charge in [0.05, 0.1) is 26.9 Å². The average molecular weight is 414 g/mol. The molecule has 3 rings (SSSR count). The van der Waals surface area contributed by atoms with E-state index in [4.69, 9.17) is 16.3 Å². The standard InChI is InChI=1S/C21H16ClNO4S/c22-19-11-10-18(28-19)17(24)13-27-21(26)15-8-4-5-9-16(15)23-20(25)12-14-6-2-1-3-7-14/h1-11H,12-13H2,(H,23,25). The van der Waals surface area contributed by atoms with E-state index in [0.29, 0.717) is 14.9 Å². The Labute approximate surface area is 170 Å². The minimum absolute atomic E-state index is 0.181. The summed E-state index contributed by atoms with van der Waals surface area (Å²) in [6.45, 7) is -0.401. The first kappa shape index (κ1) is 19.8. The fraction of sp³-hybridized carbons (Fsp3) is 0.0952. The van der Waals surface area contributed by atoms with Gasteiger partial charge < -0.3 is 10.1 Å². The molecule has 0 aliphatic heterocycles. The van der Waals surface area contributed by atoms with Crippen molar-refractivity contribution in [1.29, 1.82) is 0 Å². The maximum atomic E-state index is 12.4. The molecule has 2 aromatic carbocycles. The highest BCUT2D eigenvalue weighted by molar-refractivity contribution is 7.18. The summed E-state index contributed by atoms with van der Waals surface area (Å²) >= 11 is 6.93. The number of hydrogen-bond acceptors (Lipinski definition) is 5. The van der Waals surface area contributed by atoms with Gasteiger partial charge in [-0.3, -0.25) is 9.59 Å². The van der Waals surface area contributed by atoms with Crippen molar-refractivity contribution in [3.05, 3.63) is 87.1 Å². The Balaban J connectivity index is 1.63. The number of thiophene rings is 1. The minimum Gasteiger partial charge on any atom is -0.454 e. The van der Waals surface area contributed by atoms with Crippen LogP contribution in [0.2, 0.25) is 4.34 Å². The van der Waals surface area contributed by atoms with E-state index < -0.39 is 12.6 Å². The van der Waals surface area contributed by atoms with Crippen molar-refractivity contribution in [3.8, 4) is 0 Å². The number of anilines is 1. The Morgan fingerprint density at radius 1 is 0.929 bits per heavy atom. The lowest BCUT2D eigenvalue weighted by Gasteiger charge is -2.10. The zero-order valence-electron chi connectivity index (χ0n) is 14.7. The maximum absolute atomic E-state index is 12.4. The number of carbonyl (C=O) groups excluding carboxylic acids is 3. The van der Waals surface area contributed by atoms with Crippen LogP contribution in [0.4, 0.5) is 5.69 Å². The quantitative estimate of drug-likeness (QED) is 0.453. The number of para-hydroxylation sites is 1. The van der Waals surface area contributed by atoms with Crippen molar-refractivity contribution >= 4 is 46.3 Å². The molecule has 1 heterocycles. The summed E-state index contributed by atoms with van der Waals surface area (Å²) in [5.41, 5.74) is 1.38. The van der Waals surface area contributed by atoms with E-state index in [1.165, 1.54) is 6.07 Å². The molecule has 0 aliphatic rings. The Morgan fingerprint density at radius 2 is 1.64 bits per heavy atom. The van der Waals surface area contributed by atoms with Gasteiger partial charge in [-0.1, -0.05) is 54.1 Å². The second-order valence-corrected chi connectivity index (χ2v) is 7.57. The number of rotatable bonds is 7. The predicted octanol–water partition coefficient (Wildman–Crippen LogP) is 4.62. The van der Waals surface area contributed by atoms with Gasteiger partial charge in [0.2, 0.25) is 11.7 Å². The highest BCUT2D eigenvalue weighted by atomic mass is 35.5. The first-order valence-corrected chi connectivity index (χ1v) is 9.61. The Bertz CT molecular complexity index is 1000. The molecule has 1 amide bonds. The average Bonchev–Trinajstić information content (AvgIpc) is 3.13. The first-order chi connectivity index (χ1) is 13.5. The number of carbonyl (C=O) groups is 3. The SMILES string of the molecule is O=C(Cc1ccccc1)Nc1ccccc1C(=O)OCC(=O)c1ccc(Cl)s1. The molecule has 0 atom stereocenters. The van der Waals surface area contributed by atoms with E-state index >= 15 is 0 Å². The molecule has 0 radical (unpaired) electrons. The highest BCUT2D eigenvalue weighted by Crippen LogP contribution is 2.22. The second kappa shape index (κ2) is 9.30. The Hall–Kier alpha value is -2.96. The summed E-state index contributed by atoms with van der Waals surface area (Å²) in [6.07, 6.45) is 0.182. The largest absolute Gasteiger partial charge is 0.454 e. The number of nitrogens with one attached hydrogen (secondary N) is 1. The minimum atomic E-state index is -0.688. The topological polar surface area (TPSA) is 72.5 Å². The van der Waals surface area contributed by atoms with Gasteiger partial charge in [0, 0.05) is 0 Å². The number of Topliss-reactive ketones (excluding diaryl/α,β-unsaturated/α-hetero) is 1. The lowest BCUT2D eigenvalue weighted by molar-refractivity contribution is -0.115. The number of benzene rings is 2. The fourth-order valence-electron chi connectivity index (χ4n) is 2.49. The van der Waals surface area contributed by atoms with Crippen LogP contribution < -0.4 is 5.32 Å². The summed E-state index contributed by atoms with van der Waals surface area (Å²) in [5, 5.41) is 2.72. The molecule has 0 spiro atoms. The van der Waals surface area contributed by atoms with Crippen LogP contribution in [0.1, 0.15) is 25.6 Å². The van der Waals surface area contributed by atoms with Crippen molar-refractivity contribution < 1.29 is 19.1 Å². The molecule has 142 valence electrons. The van der Waals surface area contributed by atoms with Crippen LogP contribution in [0.5, 0.6) is 0 Å². The van der Waals surface area contributed by atoms with E-state index in [9.17, 15) is 14.4 Å². The van der Waals surface area contributed by atoms with Crippen LogP contribution in [-0.4, -0.2) is 24.3 Å². The van der Waals surface area contributed by atoms with Gasteiger partial charge in [0.15, 0.2) is 6.61 Å². The van der Waals surface area contributed by atoms with Crippen molar-refractivity contribution in [2.24, 2.45) is 0 Å². The van der Waals surface area contributed by atoms with E-state index in [0.717, 1.165) is 16.9 Å². The molecule has 0 bridgehead atoms. The number of esters is 1. The van der Waals surface area contributed by atoms with Gasteiger partial charge in [-0.2, -0.15) is 0 Å². The third kappa shape index (κ3) is 5.28. The van der Waals surface area contributed by atoms with Gasteiger partial charge in [0.25, 0.3) is 0 Å². The third-order valence-electron chi connectivity index (χ3n) is 3.81. The van der Waals surface area contributed by atoms with Gasteiger partial charge >= 0.3 is 5.97 Å². The molecule has 5 nitrogen and oxygen atoms in total. The third-order valence-corrected chi connectivity index (χ3v) is 5.08. The molecular formula is C21H16ClNO4S. The Kier molecular flexibility index (Phi) is 6.57. The van der Waals surface area contributed by atoms with E-state index in [2.05, 4.69) is 5.32 Å². The smallest absolute Gasteiger partial charge is 0.340 e. The van der Waals surface area contributed by atoms with Gasteiger partial charge in [-0.05, 0) is 29.8 Å². The normalized spacial score (nSPS) is 10.3. The lowest BCUT2D eigenvalue weighted by Crippen LogP contribution is -2.19.